The Kier molecular flexibility index (Phi) is 6.64. The molecular weight excluding hydrogens is 232 g/mol. The molecule has 0 aromatic carbocycles. The van der Waals surface area contributed by atoms with Gasteiger partial charge in [0, 0.05) is 23.6 Å². The van der Waals surface area contributed by atoms with Gasteiger partial charge in [0.15, 0.2) is 0 Å². The number of amides is 1. The molecule has 0 radical (unpaired) electrons. The van der Waals surface area contributed by atoms with Crippen LogP contribution in [-0.4, -0.2) is 40.4 Å². The van der Waals surface area contributed by atoms with Crippen molar-refractivity contribution >= 4 is 30.1 Å². The van der Waals surface area contributed by atoms with Gasteiger partial charge >= 0.3 is 0 Å². The van der Waals surface area contributed by atoms with Gasteiger partial charge in [-0.25, -0.2) is 0 Å². The Morgan fingerprint density at radius 3 is 2.73 bits per heavy atom. The number of carbonyl (C=O) groups is 1. The number of halogens is 1. The lowest BCUT2D eigenvalue weighted by Gasteiger charge is -2.38. The fraction of sp³-hybridized carbons (Fsp3) is 0.900. The highest BCUT2D eigenvalue weighted by Crippen LogP contribution is 2.24. The first kappa shape index (κ1) is 15.1. The maximum absolute atomic E-state index is 11.9. The largest absolute Gasteiger partial charge is 0.337 e. The third-order valence-corrected chi connectivity index (χ3v) is 4.26. The van der Waals surface area contributed by atoms with E-state index >= 15 is 0 Å². The van der Waals surface area contributed by atoms with Crippen molar-refractivity contribution in [1.29, 1.82) is 0 Å². The third-order valence-electron chi connectivity index (χ3n) is 2.92. The SMILES string of the molecule is CC[C@H](N)C(=O)N1CCSC(C)C1C.Cl. The molecule has 0 spiro atoms. The molecular formula is C10H21ClN2OS. The Bertz CT molecular complexity index is 216. The molecule has 0 bridgehead atoms. The summed E-state index contributed by atoms with van der Waals surface area (Å²) in [5.74, 6) is 1.15. The Labute approximate surface area is 103 Å². The average molecular weight is 253 g/mol. The maximum Gasteiger partial charge on any atom is 0.239 e. The summed E-state index contributed by atoms with van der Waals surface area (Å²) in [5.41, 5.74) is 5.76. The second-order valence-electron chi connectivity index (χ2n) is 3.86. The number of rotatable bonds is 2. The van der Waals surface area contributed by atoms with E-state index in [0.717, 1.165) is 18.7 Å². The summed E-state index contributed by atoms with van der Waals surface area (Å²) >= 11 is 1.93. The molecule has 0 saturated carbocycles. The van der Waals surface area contributed by atoms with Gasteiger partial charge in [0.1, 0.15) is 0 Å². The van der Waals surface area contributed by atoms with Crippen LogP contribution in [0.2, 0.25) is 0 Å². The summed E-state index contributed by atoms with van der Waals surface area (Å²) in [6, 6.07) is 0.00611. The van der Waals surface area contributed by atoms with E-state index in [1.165, 1.54) is 0 Å². The van der Waals surface area contributed by atoms with E-state index in [-0.39, 0.29) is 24.4 Å². The van der Waals surface area contributed by atoms with Gasteiger partial charge in [-0.15, -0.1) is 12.4 Å². The molecule has 1 fully saturated rings. The van der Waals surface area contributed by atoms with Crippen LogP contribution in [0.4, 0.5) is 0 Å². The van der Waals surface area contributed by atoms with Crippen molar-refractivity contribution in [2.45, 2.75) is 44.5 Å². The van der Waals surface area contributed by atoms with E-state index in [1.807, 2.05) is 23.6 Å². The molecule has 3 atom stereocenters. The monoisotopic (exact) mass is 252 g/mol. The first-order valence-corrected chi connectivity index (χ1v) is 6.30. The van der Waals surface area contributed by atoms with Crippen LogP contribution in [0.15, 0.2) is 0 Å². The van der Waals surface area contributed by atoms with Crippen molar-refractivity contribution in [1.82, 2.24) is 4.90 Å². The van der Waals surface area contributed by atoms with E-state index in [2.05, 4.69) is 13.8 Å². The van der Waals surface area contributed by atoms with Gasteiger partial charge in [-0.1, -0.05) is 13.8 Å². The molecule has 90 valence electrons. The lowest BCUT2D eigenvalue weighted by molar-refractivity contribution is -0.134. The second-order valence-corrected chi connectivity index (χ2v) is 5.35. The molecule has 1 amide bonds. The number of thioether (sulfide) groups is 1. The maximum atomic E-state index is 11.9. The van der Waals surface area contributed by atoms with Crippen LogP contribution in [0.3, 0.4) is 0 Å². The number of hydrogen-bond donors (Lipinski definition) is 1. The number of nitrogens with two attached hydrogens (primary N) is 1. The van der Waals surface area contributed by atoms with Gasteiger partial charge in [-0.3, -0.25) is 4.79 Å². The lowest BCUT2D eigenvalue weighted by Crippen LogP contribution is -2.53. The Balaban J connectivity index is 0.00000196. The minimum Gasteiger partial charge on any atom is -0.337 e. The molecule has 1 aliphatic rings. The summed E-state index contributed by atoms with van der Waals surface area (Å²) < 4.78 is 0. The summed E-state index contributed by atoms with van der Waals surface area (Å²) in [6.45, 7) is 7.08. The highest BCUT2D eigenvalue weighted by atomic mass is 35.5. The molecule has 2 N–H and O–H groups in total. The standard InChI is InChI=1S/C10H20N2OS.ClH/c1-4-9(11)10(13)12-5-6-14-8(3)7(12)2;/h7-9H,4-6,11H2,1-3H3;1H/t7?,8?,9-;/m0./s1. The molecule has 0 aromatic rings. The molecule has 2 unspecified atom stereocenters. The topological polar surface area (TPSA) is 46.3 Å². The van der Waals surface area contributed by atoms with Crippen LogP contribution in [-0.2, 0) is 4.79 Å². The quantitative estimate of drug-likeness (QED) is 0.810. The van der Waals surface area contributed by atoms with Crippen molar-refractivity contribution in [2.24, 2.45) is 5.73 Å². The highest BCUT2D eigenvalue weighted by Gasteiger charge is 2.30. The fourth-order valence-corrected chi connectivity index (χ4v) is 2.73. The first-order valence-electron chi connectivity index (χ1n) is 5.25. The molecule has 5 heteroatoms. The third kappa shape index (κ3) is 3.54. The minimum absolute atomic E-state index is 0. The van der Waals surface area contributed by atoms with E-state index < -0.39 is 0 Å². The number of nitrogens with zero attached hydrogens (tertiary/aromatic N) is 1. The van der Waals surface area contributed by atoms with E-state index in [9.17, 15) is 4.79 Å². The van der Waals surface area contributed by atoms with Crippen molar-refractivity contribution in [3.63, 3.8) is 0 Å². The molecule has 1 saturated heterocycles. The molecule has 15 heavy (non-hydrogen) atoms. The number of hydrogen-bond acceptors (Lipinski definition) is 3. The zero-order chi connectivity index (χ0) is 10.7. The Morgan fingerprint density at radius 2 is 2.20 bits per heavy atom. The zero-order valence-electron chi connectivity index (χ0n) is 9.60. The van der Waals surface area contributed by atoms with Crippen LogP contribution in [0.5, 0.6) is 0 Å². The smallest absolute Gasteiger partial charge is 0.239 e. The molecule has 1 heterocycles. The average Bonchev–Trinajstić information content (AvgIpc) is 2.20. The van der Waals surface area contributed by atoms with E-state index in [4.69, 9.17) is 5.73 Å². The van der Waals surface area contributed by atoms with Crippen molar-refractivity contribution < 1.29 is 4.79 Å². The van der Waals surface area contributed by atoms with Crippen LogP contribution >= 0.6 is 24.2 Å². The predicted octanol–water partition coefficient (Wildman–Crippen LogP) is 1.50. The molecule has 0 aromatic heterocycles. The summed E-state index contributed by atoms with van der Waals surface area (Å²) in [6.07, 6.45) is 0.726. The summed E-state index contributed by atoms with van der Waals surface area (Å²) in [7, 11) is 0. The minimum atomic E-state index is -0.312. The molecule has 0 aliphatic carbocycles. The molecule has 1 rings (SSSR count). The molecule has 1 aliphatic heterocycles. The van der Waals surface area contributed by atoms with E-state index in [0.29, 0.717) is 11.3 Å². The highest BCUT2D eigenvalue weighted by molar-refractivity contribution is 8.00. The van der Waals surface area contributed by atoms with Gasteiger partial charge < -0.3 is 10.6 Å². The van der Waals surface area contributed by atoms with Crippen LogP contribution in [0.1, 0.15) is 27.2 Å². The summed E-state index contributed by atoms with van der Waals surface area (Å²) in [5, 5.41) is 0.525. The van der Waals surface area contributed by atoms with E-state index in [1.54, 1.807) is 0 Å². The van der Waals surface area contributed by atoms with Crippen molar-refractivity contribution in [3.8, 4) is 0 Å². The van der Waals surface area contributed by atoms with Crippen LogP contribution in [0.25, 0.3) is 0 Å². The second kappa shape index (κ2) is 6.61. The first-order chi connectivity index (χ1) is 6.57. The molecule has 3 nitrogen and oxygen atoms in total. The van der Waals surface area contributed by atoms with Gasteiger partial charge in [0.05, 0.1) is 6.04 Å². The fourth-order valence-electron chi connectivity index (χ4n) is 1.63. The number of carbonyl (C=O) groups excluding carboxylic acids is 1. The Hall–Kier alpha value is 0.0700. The van der Waals surface area contributed by atoms with Crippen molar-refractivity contribution in [3.05, 3.63) is 0 Å². The predicted molar refractivity (Wildman–Crippen MR) is 68.6 cm³/mol. The van der Waals surface area contributed by atoms with Crippen LogP contribution in [0, 0.1) is 0 Å². The van der Waals surface area contributed by atoms with Gasteiger partial charge in [-0.2, -0.15) is 11.8 Å². The van der Waals surface area contributed by atoms with Crippen LogP contribution < -0.4 is 5.73 Å². The Morgan fingerprint density at radius 1 is 1.60 bits per heavy atom. The van der Waals surface area contributed by atoms with Gasteiger partial charge in [0.2, 0.25) is 5.91 Å². The van der Waals surface area contributed by atoms with Crippen molar-refractivity contribution in [2.75, 3.05) is 12.3 Å². The van der Waals surface area contributed by atoms with Gasteiger partial charge in [0.25, 0.3) is 0 Å². The van der Waals surface area contributed by atoms with Gasteiger partial charge in [-0.05, 0) is 13.3 Å². The normalized spacial score (nSPS) is 28.1. The lowest BCUT2D eigenvalue weighted by atomic mass is 10.1. The zero-order valence-corrected chi connectivity index (χ0v) is 11.2. The summed E-state index contributed by atoms with van der Waals surface area (Å²) in [4.78, 5) is 13.8.